The van der Waals surface area contributed by atoms with Gasteiger partial charge in [0.05, 0.1) is 12.7 Å². The van der Waals surface area contributed by atoms with Crippen LogP contribution in [-0.2, 0) is 18.9 Å². The smallest absolute Gasteiger partial charge is 0.332 e. The van der Waals surface area contributed by atoms with E-state index < -0.39 is 11.6 Å². The fourth-order valence-electron chi connectivity index (χ4n) is 4.48. The number of nitrogens with one attached hydrogen (secondary N) is 1. The summed E-state index contributed by atoms with van der Waals surface area (Å²) in [4.78, 5) is 38.9. The molecule has 2 aromatic rings. The van der Waals surface area contributed by atoms with E-state index >= 15 is 0 Å². The van der Waals surface area contributed by atoms with Gasteiger partial charge in [-0.25, -0.2) is 4.79 Å². The largest absolute Gasteiger partial charge is 0.497 e. The van der Waals surface area contributed by atoms with Crippen molar-refractivity contribution in [3.05, 3.63) is 67.5 Å². The highest BCUT2D eigenvalue weighted by molar-refractivity contribution is 6.01. The van der Waals surface area contributed by atoms with Gasteiger partial charge in [-0.1, -0.05) is 26.0 Å². The van der Waals surface area contributed by atoms with Crippen LogP contribution < -0.4 is 21.3 Å². The third-order valence-corrected chi connectivity index (χ3v) is 5.92. The maximum atomic E-state index is 13.2. The first kappa shape index (κ1) is 19.2. The number of anilines is 1. The average Bonchev–Trinajstić information content (AvgIpc) is 2.68. The lowest BCUT2D eigenvalue weighted by atomic mass is 9.69. The second kappa shape index (κ2) is 6.47. The van der Waals surface area contributed by atoms with E-state index in [4.69, 9.17) is 4.74 Å². The number of carbonyl (C=O) groups is 1. The minimum Gasteiger partial charge on any atom is -0.497 e. The number of ketones is 1. The van der Waals surface area contributed by atoms with Crippen LogP contribution in [-0.4, -0.2) is 22.0 Å². The molecule has 0 radical (unpaired) electrons. The molecule has 0 fully saturated rings. The highest BCUT2D eigenvalue weighted by Gasteiger charge is 2.42. The van der Waals surface area contributed by atoms with Gasteiger partial charge >= 0.3 is 5.69 Å². The molecule has 2 heterocycles. The van der Waals surface area contributed by atoms with Gasteiger partial charge in [-0.05, 0) is 29.5 Å². The van der Waals surface area contributed by atoms with Crippen molar-refractivity contribution in [1.82, 2.24) is 9.13 Å². The molecular weight excluding hydrogens is 370 g/mol. The van der Waals surface area contributed by atoms with Crippen molar-refractivity contribution in [2.24, 2.45) is 19.5 Å². The topological polar surface area (TPSA) is 82.3 Å². The van der Waals surface area contributed by atoms with Crippen molar-refractivity contribution < 1.29 is 9.53 Å². The van der Waals surface area contributed by atoms with E-state index in [1.807, 2.05) is 24.3 Å². The minimum atomic E-state index is -0.527. The van der Waals surface area contributed by atoms with E-state index in [9.17, 15) is 14.4 Å². The Morgan fingerprint density at radius 2 is 1.69 bits per heavy atom. The van der Waals surface area contributed by atoms with Gasteiger partial charge in [0.1, 0.15) is 11.6 Å². The summed E-state index contributed by atoms with van der Waals surface area (Å²) in [5.41, 5.74) is 1.68. The van der Waals surface area contributed by atoms with Crippen molar-refractivity contribution in [2.45, 2.75) is 32.6 Å². The summed E-state index contributed by atoms with van der Waals surface area (Å²) in [7, 11) is 4.69. The standard InChI is InChI=1S/C22H25N3O4/c1-22(2)10-14-17(15(26)11-22)16(12-6-8-13(29-5)9-7-12)18-19(23-14)24(3)21(28)25(4)20(18)27/h6-9,16,23H,10-11H2,1-5H3. The third kappa shape index (κ3) is 2.92. The lowest BCUT2D eigenvalue weighted by Crippen LogP contribution is -2.45. The number of aromatic nitrogens is 2. The Hall–Kier alpha value is -3.09. The normalized spacial score (nSPS) is 20.0. The van der Waals surface area contributed by atoms with Gasteiger partial charge in [-0.3, -0.25) is 18.7 Å². The molecule has 0 spiro atoms. The zero-order valence-electron chi connectivity index (χ0n) is 17.3. The summed E-state index contributed by atoms with van der Waals surface area (Å²) in [5, 5.41) is 3.27. The number of methoxy groups -OCH3 is 1. The van der Waals surface area contributed by atoms with E-state index in [1.54, 1.807) is 14.2 Å². The Morgan fingerprint density at radius 1 is 1.03 bits per heavy atom. The fourth-order valence-corrected chi connectivity index (χ4v) is 4.48. The van der Waals surface area contributed by atoms with Gasteiger partial charge in [0.2, 0.25) is 0 Å². The lowest BCUT2D eigenvalue weighted by Gasteiger charge is -2.39. The van der Waals surface area contributed by atoms with Crippen LogP contribution in [0.25, 0.3) is 0 Å². The Labute approximate surface area is 168 Å². The number of allylic oxidation sites excluding steroid dienone is 2. The van der Waals surface area contributed by atoms with Crippen molar-refractivity contribution in [3.63, 3.8) is 0 Å². The van der Waals surface area contributed by atoms with E-state index in [-0.39, 0.29) is 16.8 Å². The fraction of sp³-hybridized carbons (Fsp3) is 0.409. The molecule has 1 aliphatic carbocycles. The Bertz CT molecular complexity index is 1170. The van der Waals surface area contributed by atoms with Crippen molar-refractivity contribution in [3.8, 4) is 5.75 Å². The highest BCUT2D eigenvalue weighted by Crippen LogP contribution is 2.47. The molecule has 1 aromatic carbocycles. The summed E-state index contributed by atoms with van der Waals surface area (Å²) >= 11 is 0. The molecule has 1 N–H and O–H groups in total. The average molecular weight is 395 g/mol. The van der Waals surface area contributed by atoms with Crippen LogP contribution in [0, 0.1) is 5.41 Å². The van der Waals surface area contributed by atoms with Crippen LogP contribution >= 0.6 is 0 Å². The summed E-state index contributed by atoms with van der Waals surface area (Å²) < 4.78 is 7.80. The van der Waals surface area contributed by atoms with E-state index in [0.717, 1.165) is 15.8 Å². The van der Waals surface area contributed by atoms with Crippen molar-refractivity contribution >= 4 is 11.6 Å². The zero-order chi connectivity index (χ0) is 21.1. The van der Waals surface area contributed by atoms with Gasteiger partial charge in [0, 0.05) is 37.7 Å². The number of hydrogen-bond donors (Lipinski definition) is 1. The molecule has 7 heteroatoms. The van der Waals surface area contributed by atoms with Crippen LogP contribution in [0.5, 0.6) is 5.75 Å². The number of ether oxygens (including phenoxy) is 1. The van der Waals surface area contributed by atoms with E-state index in [0.29, 0.717) is 35.5 Å². The number of rotatable bonds is 2. The monoisotopic (exact) mass is 395 g/mol. The molecule has 7 nitrogen and oxygen atoms in total. The van der Waals surface area contributed by atoms with Crippen molar-refractivity contribution in [1.29, 1.82) is 0 Å². The first-order valence-electron chi connectivity index (χ1n) is 9.62. The first-order chi connectivity index (χ1) is 13.6. The maximum absolute atomic E-state index is 13.2. The molecule has 152 valence electrons. The quantitative estimate of drug-likeness (QED) is 0.844. The van der Waals surface area contributed by atoms with Gasteiger partial charge < -0.3 is 10.1 Å². The number of Topliss-reactive ketones (excluding diaryl/α,β-unsaturated/α-hetero) is 1. The number of fused-ring (bicyclic) bond motifs is 1. The predicted molar refractivity (Wildman–Crippen MR) is 110 cm³/mol. The first-order valence-corrected chi connectivity index (χ1v) is 9.62. The zero-order valence-corrected chi connectivity index (χ0v) is 17.3. The molecule has 0 saturated carbocycles. The maximum Gasteiger partial charge on any atom is 0.332 e. The minimum absolute atomic E-state index is 0.0334. The van der Waals surface area contributed by atoms with Crippen LogP contribution in [0.4, 0.5) is 5.82 Å². The van der Waals surface area contributed by atoms with Gasteiger partial charge in [-0.2, -0.15) is 0 Å². The number of nitrogens with zero attached hydrogens (tertiary/aromatic N) is 2. The van der Waals surface area contributed by atoms with Gasteiger partial charge in [-0.15, -0.1) is 0 Å². The molecule has 4 rings (SSSR count). The predicted octanol–water partition coefficient (Wildman–Crippen LogP) is 2.29. The summed E-state index contributed by atoms with van der Waals surface area (Å²) in [5.74, 6) is 0.664. The van der Waals surface area contributed by atoms with Gasteiger partial charge in [0.15, 0.2) is 5.78 Å². The molecule has 2 aliphatic rings. The lowest BCUT2D eigenvalue weighted by molar-refractivity contribution is -0.118. The molecule has 0 bridgehead atoms. The molecule has 1 aromatic heterocycles. The molecular formula is C22H25N3O4. The number of benzene rings is 1. The molecule has 1 unspecified atom stereocenters. The third-order valence-electron chi connectivity index (χ3n) is 5.92. The SMILES string of the molecule is COc1ccc(C2C3=C(CC(C)(C)CC3=O)Nc3c2c(=O)n(C)c(=O)n3C)cc1. The molecule has 1 aliphatic heterocycles. The second-order valence-corrected chi connectivity index (χ2v) is 8.63. The molecule has 0 saturated heterocycles. The van der Waals surface area contributed by atoms with Crippen molar-refractivity contribution in [2.75, 3.05) is 12.4 Å². The van der Waals surface area contributed by atoms with Gasteiger partial charge in [0.25, 0.3) is 5.56 Å². The highest BCUT2D eigenvalue weighted by atomic mass is 16.5. The molecule has 29 heavy (non-hydrogen) atoms. The van der Waals surface area contributed by atoms with E-state index in [2.05, 4.69) is 19.2 Å². The van der Waals surface area contributed by atoms with E-state index in [1.165, 1.54) is 11.6 Å². The summed E-state index contributed by atoms with van der Waals surface area (Å²) in [6.45, 7) is 4.11. The van der Waals surface area contributed by atoms with Crippen LogP contribution in [0.2, 0.25) is 0 Å². The molecule has 0 amide bonds. The van der Waals surface area contributed by atoms with Crippen LogP contribution in [0.3, 0.4) is 0 Å². The number of carbonyl (C=O) groups excluding carboxylic acids is 1. The Kier molecular flexibility index (Phi) is 4.29. The Balaban J connectivity index is 2.04. The summed E-state index contributed by atoms with van der Waals surface area (Å²) in [6.07, 6.45) is 1.09. The summed E-state index contributed by atoms with van der Waals surface area (Å²) in [6, 6.07) is 7.39. The Morgan fingerprint density at radius 3 is 2.31 bits per heavy atom. The second-order valence-electron chi connectivity index (χ2n) is 8.63. The molecule has 1 atom stereocenters. The number of hydrogen-bond acceptors (Lipinski definition) is 5. The van der Waals surface area contributed by atoms with Crippen LogP contribution in [0.15, 0.2) is 45.1 Å². The van der Waals surface area contributed by atoms with Crippen LogP contribution in [0.1, 0.15) is 43.7 Å².